The molecular weight excluding hydrogens is 240 g/mol. The van der Waals surface area contributed by atoms with Gasteiger partial charge in [-0.2, -0.15) is 17.0 Å². The van der Waals surface area contributed by atoms with Gasteiger partial charge in [-0.1, -0.05) is 20.8 Å². The normalized spacial score (nSPS) is 12.6. The lowest BCUT2D eigenvalue weighted by Gasteiger charge is -2.29. The molecule has 0 aromatic carbocycles. The van der Waals surface area contributed by atoms with Crippen molar-refractivity contribution in [1.82, 2.24) is 8.61 Å². The average molecular weight is 266 g/mol. The van der Waals surface area contributed by atoms with Crippen LogP contribution in [0, 0.1) is 0 Å². The van der Waals surface area contributed by atoms with Gasteiger partial charge in [-0.25, -0.2) is 0 Å². The van der Waals surface area contributed by atoms with Crippen LogP contribution in [-0.4, -0.2) is 54.9 Å². The zero-order valence-electron chi connectivity index (χ0n) is 11.2. The number of rotatable bonds is 10. The van der Waals surface area contributed by atoms with Crippen LogP contribution in [0.3, 0.4) is 0 Å². The lowest BCUT2D eigenvalue weighted by atomic mass is 10.4. The Kier molecular flexibility index (Phi) is 8.77. The lowest BCUT2D eigenvalue weighted by molar-refractivity contribution is 0.243. The number of nitrogens with zero attached hydrogens (tertiary/aromatic N) is 2. The van der Waals surface area contributed by atoms with Crippen molar-refractivity contribution in [2.75, 3.05) is 32.8 Å². The Morgan fingerprint density at radius 1 is 0.824 bits per heavy atom. The van der Waals surface area contributed by atoms with E-state index in [9.17, 15) is 8.42 Å². The first-order valence-electron chi connectivity index (χ1n) is 6.40. The Morgan fingerprint density at radius 3 is 1.47 bits per heavy atom. The molecule has 5 nitrogen and oxygen atoms in total. The summed E-state index contributed by atoms with van der Waals surface area (Å²) in [7, 11) is -3.41. The van der Waals surface area contributed by atoms with Gasteiger partial charge in [-0.15, -0.1) is 0 Å². The van der Waals surface area contributed by atoms with Gasteiger partial charge in [0, 0.05) is 26.2 Å². The standard InChI is InChI=1S/C11H26N2O3S/c1-4-7-12(8-5-2)17(15,16)13(9-6-3)10-11-14/h14H,4-11H2,1-3H3. The SMILES string of the molecule is CCCN(CCC)S(=O)(=O)N(CCC)CCO. The minimum absolute atomic E-state index is 0.134. The number of aliphatic hydroxyl groups excluding tert-OH is 1. The third kappa shape index (κ3) is 5.33. The van der Waals surface area contributed by atoms with Crippen LogP contribution in [0.2, 0.25) is 0 Å². The highest BCUT2D eigenvalue weighted by molar-refractivity contribution is 7.86. The van der Waals surface area contributed by atoms with E-state index in [4.69, 9.17) is 5.11 Å². The fourth-order valence-electron chi connectivity index (χ4n) is 1.71. The first-order valence-corrected chi connectivity index (χ1v) is 7.80. The van der Waals surface area contributed by atoms with Crippen molar-refractivity contribution in [3.05, 3.63) is 0 Å². The Labute approximate surface area is 106 Å². The molecular formula is C11H26N2O3S. The van der Waals surface area contributed by atoms with E-state index in [-0.39, 0.29) is 13.2 Å². The highest BCUT2D eigenvalue weighted by Gasteiger charge is 2.27. The fraction of sp³-hybridized carbons (Fsp3) is 1.00. The molecule has 0 aromatic heterocycles. The van der Waals surface area contributed by atoms with Crippen LogP contribution in [0.1, 0.15) is 40.0 Å². The Morgan fingerprint density at radius 2 is 1.18 bits per heavy atom. The van der Waals surface area contributed by atoms with Gasteiger partial charge in [-0.05, 0) is 19.3 Å². The fourth-order valence-corrected chi connectivity index (χ4v) is 3.59. The van der Waals surface area contributed by atoms with Crippen LogP contribution in [0.25, 0.3) is 0 Å². The van der Waals surface area contributed by atoms with Crippen molar-refractivity contribution in [2.45, 2.75) is 40.0 Å². The van der Waals surface area contributed by atoms with E-state index in [1.54, 1.807) is 0 Å². The third-order valence-electron chi connectivity index (χ3n) is 2.42. The van der Waals surface area contributed by atoms with Crippen LogP contribution >= 0.6 is 0 Å². The first-order chi connectivity index (χ1) is 8.04. The third-order valence-corrected chi connectivity index (χ3v) is 4.46. The molecule has 0 saturated carbocycles. The van der Waals surface area contributed by atoms with Crippen molar-refractivity contribution in [1.29, 1.82) is 0 Å². The Hall–Kier alpha value is -0.170. The first kappa shape index (κ1) is 16.8. The monoisotopic (exact) mass is 266 g/mol. The van der Waals surface area contributed by atoms with Crippen molar-refractivity contribution in [3.8, 4) is 0 Å². The second-order valence-electron chi connectivity index (χ2n) is 4.03. The molecule has 6 heteroatoms. The molecule has 1 N–H and O–H groups in total. The van der Waals surface area contributed by atoms with Crippen molar-refractivity contribution in [3.63, 3.8) is 0 Å². The topological polar surface area (TPSA) is 60.9 Å². The molecule has 0 spiro atoms. The van der Waals surface area contributed by atoms with E-state index in [1.165, 1.54) is 8.61 Å². The number of aliphatic hydroxyl groups is 1. The Balaban J connectivity index is 4.86. The van der Waals surface area contributed by atoms with Gasteiger partial charge in [0.1, 0.15) is 0 Å². The highest BCUT2D eigenvalue weighted by Crippen LogP contribution is 2.10. The maximum absolute atomic E-state index is 12.3. The quantitative estimate of drug-likeness (QED) is 0.643. The second-order valence-corrected chi connectivity index (χ2v) is 5.96. The molecule has 0 fully saturated rings. The summed E-state index contributed by atoms with van der Waals surface area (Å²) in [5.41, 5.74) is 0. The highest BCUT2D eigenvalue weighted by atomic mass is 32.2. The largest absolute Gasteiger partial charge is 0.395 e. The van der Waals surface area contributed by atoms with Gasteiger partial charge in [0.05, 0.1) is 6.61 Å². The van der Waals surface area contributed by atoms with Crippen LogP contribution in [0.15, 0.2) is 0 Å². The van der Waals surface area contributed by atoms with Gasteiger partial charge in [-0.3, -0.25) is 0 Å². The van der Waals surface area contributed by atoms with E-state index in [1.807, 2.05) is 20.8 Å². The van der Waals surface area contributed by atoms with E-state index in [0.717, 1.165) is 19.3 Å². The summed E-state index contributed by atoms with van der Waals surface area (Å²) in [4.78, 5) is 0. The smallest absolute Gasteiger partial charge is 0.282 e. The van der Waals surface area contributed by atoms with Crippen LogP contribution in [0.4, 0.5) is 0 Å². The summed E-state index contributed by atoms with van der Waals surface area (Å²) >= 11 is 0. The number of hydrogen-bond acceptors (Lipinski definition) is 3. The van der Waals surface area contributed by atoms with Crippen LogP contribution in [0.5, 0.6) is 0 Å². The van der Waals surface area contributed by atoms with E-state index in [0.29, 0.717) is 19.6 Å². The lowest BCUT2D eigenvalue weighted by Crippen LogP contribution is -2.45. The molecule has 0 radical (unpaired) electrons. The van der Waals surface area contributed by atoms with Crippen molar-refractivity contribution >= 4 is 10.2 Å². The predicted octanol–water partition coefficient (Wildman–Crippen LogP) is 1.06. The van der Waals surface area contributed by atoms with Gasteiger partial charge in [0.15, 0.2) is 0 Å². The molecule has 0 aliphatic rings. The van der Waals surface area contributed by atoms with Gasteiger partial charge < -0.3 is 5.11 Å². The summed E-state index contributed by atoms with van der Waals surface area (Å²) in [5.74, 6) is 0. The van der Waals surface area contributed by atoms with Crippen molar-refractivity contribution in [2.24, 2.45) is 0 Å². The maximum Gasteiger partial charge on any atom is 0.282 e. The Bertz CT molecular complexity index is 246. The predicted molar refractivity (Wildman–Crippen MR) is 70.0 cm³/mol. The van der Waals surface area contributed by atoms with E-state index in [2.05, 4.69) is 0 Å². The van der Waals surface area contributed by atoms with E-state index >= 15 is 0 Å². The minimum atomic E-state index is -3.41. The molecule has 17 heavy (non-hydrogen) atoms. The van der Waals surface area contributed by atoms with Gasteiger partial charge >= 0.3 is 0 Å². The van der Waals surface area contributed by atoms with Gasteiger partial charge in [0.25, 0.3) is 10.2 Å². The molecule has 0 aromatic rings. The zero-order valence-corrected chi connectivity index (χ0v) is 12.0. The van der Waals surface area contributed by atoms with Gasteiger partial charge in [0.2, 0.25) is 0 Å². The summed E-state index contributed by atoms with van der Waals surface area (Å²) in [6, 6.07) is 0. The molecule has 0 unspecified atom stereocenters. The number of hydrogen-bond donors (Lipinski definition) is 1. The van der Waals surface area contributed by atoms with Crippen molar-refractivity contribution < 1.29 is 13.5 Å². The molecule has 0 saturated heterocycles. The molecule has 0 atom stereocenters. The molecule has 0 heterocycles. The molecule has 0 aliphatic carbocycles. The summed E-state index contributed by atoms with van der Waals surface area (Å²) in [6.45, 7) is 7.47. The summed E-state index contributed by atoms with van der Waals surface area (Å²) in [5, 5.41) is 8.94. The zero-order chi connectivity index (χ0) is 13.3. The summed E-state index contributed by atoms with van der Waals surface area (Å²) in [6.07, 6.45) is 2.36. The molecule has 0 bridgehead atoms. The van der Waals surface area contributed by atoms with Crippen LogP contribution < -0.4 is 0 Å². The maximum atomic E-state index is 12.3. The molecule has 104 valence electrons. The molecule has 0 amide bonds. The second kappa shape index (κ2) is 8.85. The molecule has 0 rings (SSSR count). The average Bonchev–Trinajstić information content (AvgIpc) is 2.28. The minimum Gasteiger partial charge on any atom is -0.395 e. The van der Waals surface area contributed by atoms with E-state index < -0.39 is 10.2 Å². The molecule has 0 aliphatic heterocycles. The van der Waals surface area contributed by atoms with Crippen LogP contribution in [-0.2, 0) is 10.2 Å². The summed E-state index contributed by atoms with van der Waals surface area (Å²) < 4.78 is 27.5.